The zero-order chi connectivity index (χ0) is 13.0. The number of likely N-dealkylation sites (N-methyl/N-ethyl adjacent to an activating group) is 1. The summed E-state index contributed by atoms with van der Waals surface area (Å²) in [6.45, 7) is 1.77. The van der Waals surface area contributed by atoms with Crippen molar-refractivity contribution in [3.8, 4) is 5.75 Å². The second kappa shape index (κ2) is 6.21. The largest absolute Gasteiger partial charge is 0.496 e. The monoisotopic (exact) mass is 248 g/mol. The van der Waals surface area contributed by atoms with Crippen LogP contribution in [0.5, 0.6) is 5.75 Å². The number of nitrogens with zero attached hydrogens (tertiary/aromatic N) is 1. The lowest BCUT2D eigenvalue weighted by molar-refractivity contribution is 0.163. The van der Waals surface area contributed by atoms with E-state index in [-0.39, 0.29) is 6.04 Å². The minimum Gasteiger partial charge on any atom is -0.496 e. The lowest BCUT2D eigenvalue weighted by Crippen LogP contribution is -2.36. The van der Waals surface area contributed by atoms with E-state index < -0.39 is 0 Å². The van der Waals surface area contributed by atoms with E-state index in [1.807, 2.05) is 12.1 Å². The predicted octanol–water partition coefficient (Wildman–Crippen LogP) is 2.43. The fraction of sp³-hybridized carbons (Fsp3) is 0.600. The van der Waals surface area contributed by atoms with E-state index in [0.717, 1.165) is 18.2 Å². The summed E-state index contributed by atoms with van der Waals surface area (Å²) in [5, 5.41) is 0. The Morgan fingerprint density at radius 2 is 2.11 bits per heavy atom. The van der Waals surface area contributed by atoms with Gasteiger partial charge in [-0.2, -0.15) is 0 Å². The average Bonchev–Trinajstić information content (AvgIpc) is 2.35. The molecule has 0 bridgehead atoms. The molecule has 2 N–H and O–H groups in total. The molecule has 3 heteroatoms. The normalized spacial score (nSPS) is 17.6. The molecule has 0 amide bonds. The topological polar surface area (TPSA) is 38.5 Å². The Morgan fingerprint density at radius 3 is 2.67 bits per heavy atom. The third kappa shape index (κ3) is 2.85. The minimum absolute atomic E-state index is 0.252. The van der Waals surface area contributed by atoms with E-state index in [2.05, 4.69) is 24.1 Å². The maximum Gasteiger partial charge on any atom is 0.123 e. The number of hydrogen-bond donors (Lipinski definition) is 1. The Balaban J connectivity index is 2.10. The van der Waals surface area contributed by atoms with Crippen LogP contribution in [0.2, 0.25) is 0 Å². The van der Waals surface area contributed by atoms with Crippen LogP contribution in [0.25, 0.3) is 0 Å². The van der Waals surface area contributed by atoms with E-state index >= 15 is 0 Å². The molecular formula is C15H24N2O. The summed E-state index contributed by atoms with van der Waals surface area (Å²) in [5.41, 5.74) is 7.17. The molecule has 1 aliphatic carbocycles. The van der Waals surface area contributed by atoms with E-state index in [4.69, 9.17) is 10.5 Å². The first-order valence-corrected chi connectivity index (χ1v) is 6.79. The standard InChI is InChI=1S/C15H24N2O/c1-17(11-12-6-5-7-12)14(10-16)13-8-3-4-9-15(13)18-2/h3-4,8-9,12,14H,5-7,10-11,16H2,1-2H3. The molecule has 1 unspecified atom stereocenters. The zero-order valence-corrected chi connectivity index (χ0v) is 11.4. The van der Waals surface area contributed by atoms with Crippen LogP contribution >= 0.6 is 0 Å². The van der Waals surface area contributed by atoms with Crippen LogP contribution in [0.3, 0.4) is 0 Å². The Bertz CT molecular complexity index is 377. The summed E-state index contributed by atoms with van der Waals surface area (Å²) < 4.78 is 5.44. The average molecular weight is 248 g/mol. The van der Waals surface area contributed by atoms with Gasteiger partial charge >= 0.3 is 0 Å². The Kier molecular flexibility index (Phi) is 4.61. The number of methoxy groups -OCH3 is 1. The molecule has 18 heavy (non-hydrogen) atoms. The van der Waals surface area contributed by atoms with Gasteiger partial charge in [-0.1, -0.05) is 24.6 Å². The molecule has 0 aromatic heterocycles. The van der Waals surface area contributed by atoms with Gasteiger partial charge in [0.1, 0.15) is 5.75 Å². The highest BCUT2D eigenvalue weighted by molar-refractivity contribution is 5.36. The van der Waals surface area contributed by atoms with Crippen LogP contribution < -0.4 is 10.5 Å². The Hall–Kier alpha value is -1.06. The number of para-hydroxylation sites is 1. The van der Waals surface area contributed by atoms with Gasteiger partial charge in [0.15, 0.2) is 0 Å². The first-order chi connectivity index (χ1) is 8.76. The van der Waals surface area contributed by atoms with Gasteiger partial charge in [-0.3, -0.25) is 4.90 Å². The highest BCUT2D eigenvalue weighted by Crippen LogP contribution is 2.32. The quantitative estimate of drug-likeness (QED) is 0.840. The first kappa shape index (κ1) is 13.4. The molecule has 2 rings (SSSR count). The first-order valence-electron chi connectivity index (χ1n) is 6.79. The molecule has 1 aromatic rings. The third-order valence-electron chi connectivity index (χ3n) is 4.02. The smallest absolute Gasteiger partial charge is 0.123 e. The van der Waals surface area contributed by atoms with Gasteiger partial charge in [0.05, 0.1) is 13.2 Å². The highest BCUT2D eigenvalue weighted by atomic mass is 16.5. The van der Waals surface area contributed by atoms with E-state index in [9.17, 15) is 0 Å². The summed E-state index contributed by atoms with van der Waals surface area (Å²) >= 11 is 0. The molecule has 3 nitrogen and oxygen atoms in total. The second-order valence-corrected chi connectivity index (χ2v) is 5.23. The van der Waals surface area contributed by atoms with Crippen molar-refractivity contribution in [2.45, 2.75) is 25.3 Å². The Morgan fingerprint density at radius 1 is 1.39 bits per heavy atom. The predicted molar refractivity (Wildman–Crippen MR) is 74.8 cm³/mol. The molecule has 0 saturated heterocycles. The maximum atomic E-state index is 5.97. The fourth-order valence-corrected chi connectivity index (χ4v) is 2.70. The van der Waals surface area contributed by atoms with Crippen molar-refractivity contribution in [3.63, 3.8) is 0 Å². The molecular weight excluding hydrogens is 224 g/mol. The van der Waals surface area contributed by atoms with Crippen LogP contribution in [0.1, 0.15) is 30.9 Å². The lowest BCUT2D eigenvalue weighted by atomic mass is 9.84. The van der Waals surface area contributed by atoms with Crippen LogP contribution in [0.15, 0.2) is 24.3 Å². The molecule has 100 valence electrons. The van der Waals surface area contributed by atoms with Crippen LogP contribution in [0, 0.1) is 5.92 Å². The Labute approximate surface area is 110 Å². The van der Waals surface area contributed by atoms with Crippen molar-refractivity contribution in [1.82, 2.24) is 4.90 Å². The second-order valence-electron chi connectivity index (χ2n) is 5.23. The summed E-state index contributed by atoms with van der Waals surface area (Å²) in [5.74, 6) is 1.80. The SMILES string of the molecule is COc1ccccc1C(CN)N(C)CC1CCC1. The van der Waals surface area contributed by atoms with Crippen molar-refractivity contribution < 1.29 is 4.74 Å². The summed E-state index contributed by atoms with van der Waals surface area (Å²) in [6, 6.07) is 8.43. The third-order valence-corrected chi connectivity index (χ3v) is 4.02. The van der Waals surface area contributed by atoms with Crippen LogP contribution in [-0.4, -0.2) is 32.1 Å². The highest BCUT2D eigenvalue weighted by Gasteiger charge is 2.24. The number of hydrogen-bond acceptors (Lipinski definition) is 3. The molecule has 1 aliphatic rings. The summed E-state index contributed by atoms with van der Waals surface area (Å²) in [6.07, 6.45) is 4.13. The lowest BCUT2D eigenvalue weighted by Gasteiger charge is -2.35. The molecule has 1 saturated carbocycles. The summed E-state index contributed by atoms with van der Waals surface area (Å²) in [7, 11) is 3.89. The van der Waals surface area contributed by atoms with Crippen molar-refractivity contribution in [2.75, 3.05) is 27.2 Å². The van der Waals surface area contributed by atoms with Crippen LogP contribution in [-0.2, 0) is 0 Å². The van der Waals surface area contributed by atoms with Crippen molar-refractivity contribution >= 4 is 0 Å². The van der Waals surface area contributed by atoms with E-state index in [1.54, 1.807) is 7.11 Å². The van der Waals surface area contributed by atoms with Gasteiger partial charge in [0.25, 0.3) is 0 Å². The van der Waals surface area contributed by atoms with Gasteiger partial charge in [-0.25, -0.2) is 0 Å². The molecule has 0 aliphatic heterocycles. The van der Waals surface area contributed by atoms with Crippen molar-refractivity contribution in [2.24, 2.45) is 11.7 Å². The summed E-state index contributed by atoms with van der Waals surface area (Å²) in [4.78, 5) is 2.38. The number of nitrogens with two attached hydrogens (primary N) is 1. The fourth-order valence-electron chi connectivity index (χ4n) is 2.70. The van der Waals surface area contributed by atoms with Crippen molar-refractivity contribution in [1.29, 1.82) is 0 Å². The number of rotatable bonds is 6. The number of benzene rings is 1. The molecule has 1 fully saturated rings. The molecule has 1 atom stereocenters. The maximum absolute atomic E-state index is 5.97. The van der Waals surface area contributed by atoms with Crippen LogP contribution in [0.4, 0.5) is 0 Å². The van der Waals surface area contributed by atoms with Gasteiger partial charge in [-0.15, -0.1) is 0 Å². The molecule has 0 heterocycles. The van der Waals surface area contributed by atoms with Crippen molar-refractivity contribution in [3.05, 3.63) is 29.8 Å². The van der Waals surface area contributed by atoms with E-state index in [0.29, 0.717) is 6.54 Å². The van der Waals surface area contributed by atoms with Gasteiger partial charge in [0, 0.05) is 18.7 Å². The molecule has 1 aromatic carbocycles. The van der Waals surface area contributed by atoms with Gasteiger partial charge < -0.3 is 10.5 Å². The van der Waals surface area contributed by atoms with Gasteiger partial charge in [0.2, 0.25) is 0 Å². The van der Waals surface area contributed by atoms with Gasteiger partial charge in [-0.05, 0) is 31.9 Å². The zero-order valence-electron chi connectivity index (χ0n) is 11.4. The molecule has 0 radical (unpaired) electrons. The number of ether oxygens (including phenoxy) is 1. The molecule has 0 spiro atoms. The minimum atomic E-state index is 0.252. The van der Waals surface area contributed by atoms with E-state index in [1.165, 1.54) is 24.8 Å².